The first-order valence-electron chi connectivity index (χ1n) is 11.5. The van der Waals surface area contributed by atoms with E-state index < -0.39 is 6.10 Å². The third-order valence-corrected chi connectivity index (χ3v) is 6.41. The highest BCUT2D eigenvalue weighted by Crippen LogP contribution is 2.33. The van der Waals surface area contributed by atoms with Crippen LogP contribution in [0, 0.1) is 18.3 Å². The van der Waals surface area contributed by atoms with Crippen LogP contribution < -0.4 is 0 Å². The molecule has 0 aliphatic rings. The lowest BCUT2D eigenvalue weighted by molar-refractivity contribution is 0.210. The van der Waals surface area contributed by atoms with E-state index in [9.17, 15) is 5.11 Å². The van der Waals surface area contributed by atoms with Gasteiger partial charge in [-0.2, -0.15) is 9.78 Å². The zero-order valence-corrected chi connectivity index (χ0v) is 19.4. The molecule has 1 unspecified atom stereocenters. The monoisotopic (exact) mass is 471 g/mol. The molecule has 8 heteroatoms. The van der Waals surface area contributed by atoms with Crippen LogP contribution in [-0.2, 0) is 6.54 Å². The minimum atomic E-state index is -0.884. The highest BCUT2D eigenvalue weighted by molar-refractivity contribution is 5.97. The summed E-state index contributed by atoms with van der Waals surface area (Å²) in [5, 5.41) is 33.6. The number of tetrazole rings is 1. The van der Waals surface area contributed by atoms with Crippen LogP contribution in [0.1, 0.15) is 34.1 Å². The molecule has 6 rings (SSSR count). The first-order valence-corrected chi connectivity index (χ1v) is 11.5. The smallest absolute Gasteiger partial charge is 0.180 e. The lowest BCUT2D eigenvalue weighted by Gasteiger charge is -2.16. The van der Waals surface area contributed by atoms with Crippen molar-refractivity contribution < 1.29 is 5.11 Å². The van der Waals surface area contributed by atoms with Gasteiger partial charge in [-0.25, -0.2) is 4.98 Å². The van der Waals surface area contributed by atoms with Crippen LogP contribution in [-0.4, -0.2) is 34.7 Å². The van der Waals surface area contributed by atoms with Gasteiger partial charge in [0.2, 0.25) is 0 Å². The van der Waals surface area contributed by atoms with Crippen molar-refractivity contribution in [3.05, 3.63) is 113 Å². The van der Waals surface area contributed by atoms with Crippen molar-refractivity contribution in [2.75, 3.05) is 0 Å². The third kappa shape index (κ3) is 3.78. The van der Waals surface area contributed by atoms with Gasteiger partial charge in [0.1, 0.15) is 6.10 Å². The van der Waals surface area contributed by atoms with Crippen molar-refractivity contribution in [3.63, 3.8) is 0 Å². The Bertz CT molecular complexity index is 1760. The summed E-state index contributed by atoms with van der Waals surface area (Å²) in [7, 11) is 0. The van der Waals surface area contributed by atoms with E-state index >= 15 is 0 Å². The molecule has 0 amide bonds. The van der Waals surface area contributed by atoms with Crippen LogP contribution in [0.4, 0.5) is 0 Å². The molecule has 0 aliphatic carbocycles. The van der Waals surface area contributed by atoms with E-state index in [1.54, 1.807) is 29.2 Å². The molecule has 6 aromatic rings. The molecule has 8 nitrogen and oxygen atoms in total. The Labute approximate surface area is 206 Å². The van der Waals surface area contributed by atoms with E-state index in [1.165, 1.54) is 0 Å². The van der Waals surface area contributed by atoms with E-state index in [-0.39, 0.29) is 0 Å². The van der Waals surface area contributed by atoms with Gasteiger partial charge in [0.05, 0.1) is 35.4 Å². The van der Waals surface area contributed by atoms with Crippen LogP contribution in [0.25, 0.3) is 27.7 Å². The molecule has 3 aromatic heterocycles. The summed E-state index contributed by atoms with van der Waals surface area (Å²) < 4.78 is 3.63. The van der Waals surface area contributed by atoms with Gasteiger partial charge in [-0.05, 0) is 69.9 Å². The molecule has 0 radical (unpaired) electrons. The number of nitriles is 1. The zero-order valence-electron chi connectivity index (χ0n) is 19.4. The summed E-state index contributed by atoms with van der Waals surface area (Å²) in [6.07, 6.45) is 2.51. The van der Waals surface area contributed by atoms with Gasteiger partial charge in [-0.1, -0.05) is 48.0 Å². The molecule has 1 atom stereocenters. The topological polar surface area (TPSA) is 105 Å². The molecule has 0 fully saturated rings. The quantitative estimate of drug-likeness (QED) is 0.398. The van der Waals surface area contributed by atoms with Crippen molar-refractivity contribution >= 4 is 16.6 Å². The van der Waals surface area contributed by atoms with Crippen LogP contribution in [0.15, 0.2) is 85.3 Å². The minimum Gasteiger partial charge on any atom is -0.382 e. The van der Waals surface area contributed by atoms with Crippen LogP contribution in [0.2, 0.25) is 0 Å². The molecule has 36 heavy (non-hydrogen) atoms. The molecule has 0 saturated heterocycles. The molecule has 174 valence electrons. The largest absolute Gasteiger partial charge is 0.382 e. The van der Waals surface area contributed by atoms with Gasteiger partial charge in [0.25, 0.3) is 0 Å². The van der Waals surface area contributed by atoms with Crippen molar-refractivity contribution in [2.45, 2.75) is 19.6 Å². The third-order valence-electron chi connectivity index (χ3n) is 6.41. The number of aromatic nitrogens is 6. The van der Waals surface area contributed by atoms with E-state index in [4.69, 9.17) is 5.26 Å². The Balaban J connectivity index is 1.43. The first-order chi connectivity index (χ1) is 17.6. The van der Waals surface area contributed by atoms with Crippen LogP contribution >= 0.6 is 0 Å². The molecule has 3 heterocycles. The Morgan fingerprint density at radius 1 is 1.03 bits per heavy atom. The Kier molecular flexibility index (Phi) is 5.25. The van der Waals surface area contributed by atoms with Gasteiger partial charge in [0.15, 0.2) is 5.65 Å². The zero-order chi connectivity index (χ0) is 24.6. The number of fused-ring (bicyclic) bond motifs is 3. The lowest BCUT2D eigenvalue weighted by atomic mass is 9.96. The molecular weight excluding hydrogens is 450 g/mol. The number of aliphatic hydroxyl groups is 1. The fraction of sp³-hybridized carbons (Fsp3) is 0.107. The average Bonchev–Trinajstić information content (AvgIpc) is 3.57. The fourth-order valence-corrected chi connectivity index (χ4v) is 4.58. The summed E-state index contributed by atoms with van der Waals surface area (Å²) in [6, 6.07) is 25.6. The second kappa shape index (κ2) is 8.73. The summed E-state index contributed by atoms with van der Waals surface area (Å²) in [5.74, 6) is 0. The number of imidazole rings is 1. The van der Waals surface area contributed by atoms with Crippen molar-refractivity contribution in [1.29, 1.82) is 5.26 Å². The molecule has 0 aliphatic heterocycles. The van der Waals surface area contributed by atoms with Gasteiger partial charge in [-0.3, -0.25) is 0 Å². The van der Waals surface area contributed by atoms with Crippen molar-refractivity contribution in [3.8, 4) is 17.2 Å². The predicted octanol–water partition coefficient (Wildman–Crippen LogP) is 4.45. The van der Waals surface area contributed by atoms with Gasteiger partial charge >= 0.3 is 0 Å². The van der Waals surface area contributed by atoms with E-state index in [1.807, 2.05) is 47.0 Å². The second-order valence-electron chi connectivity index (χ2n) is 8.81. The number of nitrogens with zero attached hydrogens (tertiary/aromatic N) is 7. The SMILES string of the molecule is Cc1cccc(-c2cc3nnnn3c3ccc(C(O)c4cncn4Cc4ccc(C#N)cc4)cc23)c1. The Hall–Kier alpha value is -4.87. The Morgan fingerprint density at radius 2 is 1.89 bits per heavy atom. The highest BCUT2D eigenvalue weighted by atomic mass is 16.3. The maximum absolute atomic E-state index is 11.4. The number of rotatable bonds is 5. The number of aliphatic hydroxyl groups excluding tert-OH is 1. The molecule has 0 spiro atoms. The summed E-state index contributed by atoms with van der Waals surface area (Å²) in [6.45, 7) is 2.60. The van der Waals surface area contributed by atoms with Gasteiger partial charge in [-0.15, -0.1) is 5.10 Å². The van der Waals surface area contributed by atoms with E-state index in [2.05, 4.69) is 51.7 Å². The van der Waals surface area contributed by atoms with Crippen molar-refractivity contribution in [1.82, 2.24) is 29.6 Å². The number of pyridine rings is 1. The number of hydrogen-bond acceptors (Lipinski definition) is 6. The maximum atomic E-state index is 11.4. The van der Waals surface area contributed by atoms with Gasteiger partial charge in [0, 0.05) is 11.9 Å². The maximum Gasteiger partial charge on any atom is 0.180 e. The molecule has 1 N–H and O–H groups in total. The van der Waals surface area contributed by atoms with E-state index in [0.717, 1.165) is 38.7 Å². The summed E-state index contributed by atoms with van der Waals surface area (Å²) in [5.41, 5.74) is 7.78. The number of benzene rings is 3. The van der Waals surface area contributed by atoms with E-state index in [0.29, 0.717) is 23.4 Å². The molecular formula is C28H21N7O. The number of aryl methyl sites for hydroxylation is 1. The summed E-state index contributed by atoms with van der Waals surface area (Å²) >= 11 is 0. The second-order valence-corrected chi connectivity index (χ2v) is 8.81. The van der Waals surface area contributed by atoms with Crippen molar-refractivity contribution in [2.24, 2.45) is 0 Å². The molecule has 0 saturated carbocycles. The summed E-state index contributed by atoms with van der Waals surface area (Å²) in [4.78, 5) is 4.29. The highest BCUT2D eigenvalue weighted by Gasteiger charge is 2.19. The van der Waals surface area contributed by atoms with Crippen LogP contribution in [0.5, 0.6) is 0 Å². The normalized spacial score (nSPS) is 12.1. The molecule has 3 aromatic carbocycles. The lowest BCUT2D eigenvalue weighted by Crippen LogP contribution is -2.09. The number of hydrogen-bond donors (Lipinski definition) is 1. The average molecular weight is 472 g/mol. The van der Waals surface area contributed by atoms with Gasteiger partial charge < -0.3 is 9.67 Å². The first kappa shape index (κ1) is 21.6. The standard InChI is InChI=1S/C28H21N7O/c1-18-3-2-4-21(11-18)23-13-27-31-32-33-35(27)25-10-9-22(12-24(23)25)28(36)26-15-30-17-34(26)16-20-7-5-19(14-29)6-8-20/h2-13,15,17,28,36H,16H2,1H3. The predicted molar refractivity (Wildman–Crippen MR) is 135 cm³/mol. The Morgan fingerprint density at radius 3 is 2.69 bits per heavy atom. The minimum absolute atomic E-state index is 0.533. The fourth-order valence-electron chi connectivity index (χ4n) is 4.58. The van der Waals surface area contributed by atoms with Crippen LogP contribution in [0.3, 0.4) is 0 Å². The molecule has 0 bridgehead atoms.